The Kier molecular flexibility index (Phi) is 12.3. The molecule has 22 heteroatoms. The summed E-state index contributed by atoms with van der Waals surface area (Å²) in [6.07, 6.45) is -1.86. The number of aromatic nitrogens is 2. The summed E-state index contributed by atoms with van der Waals surface area (Å²) in [5.74, 6) is 5.94. The molecule has 1 aromatic heterocycles. The minimum atomic E-state index is -5.70. The van der Waals surface area contributed by atoms with E-state index in [0.717, 1.165) is 16.5 Å². The van der Waals surface area contributed by atoms with Crippen LogP contribution in [-0.2, 0) is 36.3 Å². The third kappa shape index (κ3) is 11.1. The Labute approximate surface area is 217 Å². The van der Waals surface area contributed by atoms with E-state index in [4.69, 9.17) is 25.0 Å². The number of ether oxygens (including phenoxy) is 2. The first-order chi connectivity index (χ1) is 17.2. The number of phosphoric ester groups is 1. The highest BCUT2D eigenvalue weighted by Gasteiger charge is 2.43. The van der Waals surface area contributed by atoms with E-state index in [0.29, 0.717) is 0 Å². The molecule has 37 heavy (non-hydrogen) atoms. The Balaban J connectivity index is 2.21. The molecular weight excluding hydrogens is 603 g/mol. The first-order valence-electron chi connectivity index (χ1n) is 10.0. The average Bonchev–Trinajstić information content (AvgIpc) is 3.15. The van der Waals surface area contributed by atoms with Gasteiger partial charge in [-0.15, -0.1) is 0 Å². The molecule has 210 valence electrons. The lowest BCUT2D eigenvalue weighted by atomic mass is 10.2. The van der Waals surface area contributed by atoms with Crippen molar-refractivity contribution < 1.29 is 55.9 Å². The lowest BCUT2D eigenvalue weighted by Gasteiger charge is -2.21. The molecule has 0 saturated carbocycles. The number of rotatable bonds is 13. The molecule has 1 aliphatic rings. The van der Waals surface area contributed by atoms with Gasteiger partial charge in [0.25, 0.3) is 5.56 Å². The van der Waals surface area contributed by atoms with E-state index < -0.39 is 59.8 Å². The maximum atomic E-state index is 12.4. The third-order valence-electron chi connectivity index (χ3n) is 4.13. The fourth-order valence-corrected chi connectivity index (χ4v) is 7.20. The van der Waals surface area contributed by atoms with Crippen LogP contribution in [0.2, 0.25) is 0 Å². The summed E-state index contributed by atoms with van der Waals surface area (Å²) >= 11 is 0. The van der Waals surface area contributed by atoms with E-state index in [1.54, 1.807) is 0 Å². The molecule has 0 amide bonds. The van der Waals surface area contributed by atoms with Gasteiger partial charge in [-0.2, -0.15) is 8.62 Å². The van der Waals surface area contributed by atoms with Gasteiger partial charge >= 0.3 is 29.2 Å². The molecular formula is C15H24N3O14P3S2. The number of nitrogens with one attached hydrogen (secondary N) is 1. The van der Waals surface area contributed by atoms with Crippen LogP contribution in [0.5, 0.6) is 0 Å². The van der Waals surface area contributed by atoms with Crippen molar-refractivity contribution in [2.45, 2.75) is 31.8 Å². The number of hydrogen-bond acceptors (Lipinski definition) is 13. The van der Waals surface area contributed by atoms with E-state index in [1.807, 2.05) is 6.92 Å². The Morgan fingerprint density at radius 2 is 1.89 bits per heavy atom. The first kappa shape index (κ1) is 32.4. The van der Waals surface area contributed by atoms with Crippen LogP contribution < -0.4 is 17.0 Å². The molecule has 0 radical (unpaired) electrons. The number of aromatic amines is 1. The smallest absolute Gasteiger partial charge is 0.364 e. The summed E-state index contributed by atoms with van der Waals surface area (Å²) in [6, 6.07) is 0. The van der Waals surface area contributed by atoms with Gasteiger partial charge in [0.15, 0.2) is 0 Å². The fraction of sp³-hybridized carbons (Fsp3) is 0.600. The molecule has 0 aliphatic carbocycles. The van der Waals surface area contributed by atoms with Gasteiger partial charge in [0.1, 0.15) is 23.8 Å². The van der Waals surface area contributed by atoms with Crippen molar-refractivity contribution in [2.75, 3.05) is 24.8 Å². The fourth-order valence-electron chi connectivity index (χ4n) is 2.83. The summed E-state index contributed by atoms with van der Waals surface area (Å²) in [5, 5.41) is 0. The zero-order valence-corrected chi connectivity index (χ0v) is 23.2. The summed E-state index contributed by atoms with van der Waals surface area (Å²) in [5.41, 5.74) is 3.66. The van der Waals surface area contributed by atoms with E-state index in [2.05, 4.69) is 30.0 Å². The third-order valence-corrected chi connectivity index (χ3v) is 10.1. The summed E-state index contributed by atoms with van der Waals surface area (Å²) in [6.45, 7) is 1.10. The van der Waals surface area contributed by atoms with E-state index in [9.17, 15) is 33.1 Å². The summed E-state index contributed by atoms with van der Waals surface area (Å²) < 4.78 is 58.9. The zero-order chi connectivity index (χ0) is 27.9. The van der Waals surface area contributed by atoms with Crippen LogP contribution in [0.1, 0.15) is 25.1 Å². The Hall–Kier alpha value is -0.770. The Morgan fingerprint density at radius 1 is 1.19 bits per heavy atom. The van der Waals surface area contributed by atoms with Gasteiger partial charge in [-0.3, -0.25) is 18.9 Å². The van der Waals surface area contributed by atoms with Crippen molar-refractivity contribution >= 4 is 45.1 Å². The monoisotopic (exact) mass is 627 g/mol. The molecule has 0 bridgehead atoms. The maximum absolute atomic E-state index is 12.4. The van der Waals surface area contributed by atoms with Gasteiger partial charge < -0.3 is 34.8 Å². The number of hydrogen-bond donors (Lipinski definition) is 6. The second-order valence-corrected chi connectivity index (χ2v) is 13.9. The van der Waals surface area contributed by atoms with Crippen LogP contribution in [0.15, 0.2) is 15.8 Å². The number of H-pyrrole nitrogens is 1. The predicted molar refractivity (Wildman–Crippen MR) is 131 cm³/mol. The Morgan fingerprint density at radius 3 is 2.51 bits per heavy atom. The summed E-state index contributed by atoms with van der Waals surface area (Å²) in [4.78, 5) is 62.7. The largest absolute Gasteiger partial charge is 0.490 e. The minimum absolute atomic E-state index is 0.0114. The van der Waals surface area contributed by atoms with Gasteiger partial charge in [-0.05, 0) is 0 Å². The van der Waals surface area contributed by atoms with Crippen molar-refractivity contribution in [2.24, 2.45) is 5.73 Å². The molecule has 2 rings (SSSR count). The quantitative estimate of drug-likeness (QED) is 0.0562. The lowest BCUT2D eigenvalue weighted by molar-refractivity contribution is -0.0543. The van der Waals surface area contributed by atoms with Crippen LogP contribution in [0.25, 0.3) is 0 Å². The number of nitrogens with zero attached hydrogens (tertiary/aromatic N) is 1. The summed E-state index contributed by atoms with van der Waals surface area (Å²) in [7, 11) is -13.8. The highest BCUT2D eigenvalue weighted by Crippen LogP contribution is 2.66. The maximum Gasteiger partial charge on any atom is 0.490 e. The van der Waals surface area contributed by atoms with E-state index in [-0.39, 0.29) is 24.5 Å². The molecule has 5 atom stereocenters. The van der Waals surface area contributed by atoms with Crippen molar-refractivity contribution in [3.8, 4) is 11.8 Å². The van der Waals surface area contributed by atoms with Gasteiger partial charge in [0.05, 0.1) is 19.3 Å². The first-order valence-corrected chi connectivity index (χ1v) is 17.0. The molecule has 2 heterocycles. The zero-order valence-electron chi connectivity index (χ0n) is 18.9. The molecule has 0 spiro atoms. The normalized spacial score (nSPS) is 23.1. The van der Waals surface area contributed by atoms with Gasteiger partial charge in [-0.25, -0.2) is 18.5 Å². The second-order valence-electron chi connectivity index (χ2n) is 6.81. The van der Waals surface area contributed by atoms with E-state index in [1.165, 1.54) is 21.6 Å². The van der Waals surface area contributed by atoms with Crippen LogP contribution >= 0.6 is 45.1 Å². The number of nitrogens with two attached hydrogens (primary N) is 1. The molecule has 1 aromatic rings. The lowest BCUT2D eigenvalue weighted by Crippen LogP contribution is -2.33. The molecule has 17 nitrogen and oxygen atoms in total. The molecule has 1 aliphatic heterocycles. The average molecular weight is 627 g/mol. The molecule has 0 aromatic carbocycles. The second kappa shape index (κ2) is 14.0. The molecule has 2 unspecified atom stereocenters. The van der Waals surface area contributed by atoms with Crippen LogP contribution in [0.4, 0.5) is 0 Å². The molecule has 1 fully saturated rings. The predicted octanol–water partition coefficient (Wildman–Crippen LogP) is 0.222. The van der Waals surface area contributed by atoms with Crippen molar-refractivity contribution in [1.29, 1.82) is 0 Å². The van der Waals surface area contributed by atoms with Gasteiger partial charge in [0, 0.05) is 18.4 Å². The van der Waals surface area contributed by atoms with E-state index >= 15 is 0 Å². The highest BCUT2D eigenvalue weighted by atomic mass is 33.1. The van der Waals surface area contributed by atoms with Crippen LogP contribution in [0.3, 0.4) is 0 Å². The highest BCUT2D eigenvalue weighted by molar-refractivity contribution is 8.76. The molecule has 7 N–H and O–H groups in total. The topological polar surface area (TPSA) is 259 Å². The SMILES string of the molecule is CCSSCO[C@@H]1C[C@H](n2cc(C#CCN)c(=O)[nH]c2=O)O[C@@H]1COP(=O)(O)OP(=O)(O)OP(=O)(O)O. The Bertz CT molecular complexity index is 1260. The van der Waals surface area contributed by atoms with Gasteiger partial charge in [0.2, 0.25) is 0 Å². The minimum Gasteiger partial charge on any atom is -0.364 e. The van der Waals surface area contributed by atoms with Crippen molar-refractivity contribution in [3.63, 3.8) is 0 Å². The standard InChI is InChI=1S/C15H24N3O14P3S2/c1-2-36-37-9-28-11-6-13(18-7-10(4-3-5-16)14(19)17-15(18)20)30-12(11)8-29-34(24,25)32-35(26,27)31-33(21,22)23/h7,11-13H,2,5-6,8-9,16H2,1H3,(H,24,25)(H,26,27)(H,17,19,20)(H2,21,22,23)/t11-,12-,13-/m1/s1. The van der Waals surface area contributed by atoms with Crippen LogP contribution in [-0.4, -0.2) is 66.2 Å². The van der Waals surface area contributed by atoms with Crippen LogP contribution in [0, 0.1) is 11.8 Å². The number of phosphoric acid groups is 3. The van der Waals surface area contributed by atoms with Crippen molar-refractivity contribution in [1.82, 2.24) is 9.55 Å². The molecule has 1 saturated heterocycles. The van der Waals surface area contributed by atoms with Crippen molar-refractivity contribution in [3.05, 3.63) is 32.6 Å². The van der Waals surface area contributed by atoms with Gasteiger partial charge in [-0.1, -0.05) is 40.4 Å².